The highest BCUT2D eigenvalue weighted by Crippen LogP contribution is 2.21. The predicted molar refractivity (Wildman–Crippen MR) is 84.5 cm³/mol. The molecule has 7 heteroatoms. The van der Waals surface area contributed by atoms with E-state index in [2.05, 4.69) is 0 Å². The Morgan fingerprint density at radius 2 is 1.43 bits per heavy atom. The van der Waals surface area contributed by atoms with Gasteiger partial charge in [0, 0.05) is 24.3 Å². The van der Waals surface area contributed by atoms with Gasteiger partial charge in [0.2, 0.25) is 0 Å². The molecule has 0 amide bonds. The van der Waals surface area contributed by atoms with E-state index in [4.69, 9.17) is 8.85 Å². The van der Waals surface area contributed by atoms with Crippen molar-refractivity contribution in [2.75, 3.05) is 0 Å². The van der Waals surface area contributed by atoms with Crippen LogP contribution >= 0.6 is 0 Å². The summed E-state index contributed by atoms with van der Waals surface area (Å²) < 4.78 is 50.6. The molecular formula is C16H25F3O3Si. The zero-order valence-electron chi connectivity index (χ0n) is 14.0. The lowest BCUT2D eigenvalue weighted by Gasteiger charge is -2.28. The fraction of sp³-hybridized carbons (Fsp3) is 0.625. The number of aryl methyl sites for hydroxylation is 1. The Hall–Kier alpha value is -0.893. The van der Waals surface area contributed by atoms with Gasteiger partial charge < -0.3 is 13.6 Å². The summed E-state index contributed by atoms with van der Waals surface area (Å²) in [4.78, 5) is 10.5. The quantitative estimate of drug-likeness (QED) is 0.412. The Kier molecular flexibility index (Phi) is 7.73. The Morgan fingerprint density at radius 3 is 1.96 bits per heavy atom. The van der Waals surface area contributed by atoms with E-state index in [1.807, 2.05) is 27.7 Å². The van der Waals surface area contributed by atoms with Crippen LogP contribution in [-0.4, -0.2) is 25.8 Å². The molecule has 0 saturated heterocycles. The van der Waals surface area contributed by atoms with E-state index < -0.39 is 26.3 Å². The van der Waals surface area contributed by atoms with Crippen molar-refractivity contribution >= 4 is 8.80 Å². The van der Waals surface area contributed by atoms with E-state index in [1.54, 1.807) is 0 Å². The highest BCUT2D eigenvalue weighted by Gasteiger charge is 2.38. The number of hydrogen-bond acceptors (Lipinski definition) is 3. The second kappa shape index (κ2) is 8.82. The van der Waals surface area contributed by atoms with Crippen molar-refractivity contribution in [1.29, 1.82) is 0 Å². The summed E-state index contributed by atoms with van der Waals surface area (Å²) in [6.07, 6.45) is 1.00. The van der Waals surface area contributed by atoms with Crippen LogP contribution in [0.15, 0.2) is 12.1 Å². The minimum atomic E-state index is -3.28. The zero-order valence-corrected chi connectivity index (χ0v) is 15.0. The highest BCUT2D eigenvalue weighted by atomic mass is 28.4. The molecule has 0 aliphatic carbocycles. The van der Waals surface area contributed by atoms with E-state index in [0.29, 0.717) is 25.0 Å². The minimum absolute atomic E-state index is 0.128. The van der Waals surface area contributed by atoms with Crippen molar-refractivity contribution < 1.29 is 26.8 Å². The molecule has 1 aromatic rings. The summed E-state index contributed by atoms with van der Waals surface area (Å²) in [6, 6.07) is 1.78. The summed E-state index contributed by atoms with van der Waals surface area (Å²) in [5.74, 6) is -3.00. The molecule has 0 aromatic heterocycles. The van der Waals surface area contributed by atoms with Gasteiger partial charge >= 0.3 is 8.80 Å². The molecule has 0 spiro atoms. The summed E-state index contributed by atoms with van der Waals surface area (Å²) in [5.41, 5.74) is 0.128. The van der Waals surface area contributed by atoms with Gasteiger partial charge in [-0.3, -0.25) is 0 Å². The molecule has 0 aliphatic rings. The van der Waals surface area contributed by atoms with Gasteiger partial charge in [-0.15, -0.1) is 0 Å². The van der Waals surface area contributed by atoms with E-state index in [-0.39, 0.29) is 24.2 Å². The highest BCUT2D eigenvalue weighted by molar-refractivity contribution is 6.59. The van der Waals surface area contributed by atoms with Crippen molar-refractivity contribution in [2.24, 2.45) is 0 Å². The number of rotatable bonds is 9. The second-order valence-corrected chi connectivity index (χ2v) is 8.51. The average Bonchev–Trinajstić information content (AvgIpc) is 2.38. The van der Waals surface area contributed by atoms with Crippen LogP contribution in [-0.2, 0) is 15.3 Å². The molecule has 1 N–H and O–H groups in total. The predicted octanol–water partition coefficient (Wildman–Crippen LogP) is 4.21. The molecule has 0 radical (unpaired) electrons. The first-order valence-electron chi connectivity index (χ1n) is 7.84. The second-order valence-electron chi connectivity index (χ2n) is 6.11. The van der Waals surface area contributed by atoms with Crippen LogP contribution in [0.3, 0.4) is 0 Å². The third kappa shape index (κ3) is 7.03. The van der Waals surface area contributed by atoms with Gasteiger partial charge in [0.1, 0.15) is 5.82 Å². The third-order valence-electron chi connectivity index (χ3n) is 3.12. The fourth-order valence-electron chi connectivity index (χ4n) is 2.30. The first-order valence-corrected chi connectivity index (χ1v) is 9.81. The van der Waals surface area contributed by atoms with Gasteiger partial charge in [-0.1, -0.05) is 0 Å². The molecule has 0 heterocycles. The molecule has 0 atom stereocenters. The summed E-state index contributed by atoms with van der Waals surface area (Å²) in [6.45, 7) is 7.27. The number of hydrogen-bond donors (Lipinski definition) is 1. The van der Waals surface area contributed by atoms with E-state index in [0.717, 1.165) is 6.07 Å². The molecule has 1 rings (SSSR count). The fourth-order valence-corrected chi connectivity index (χ4v) is 4.76. The molecule has 0 saturated carbocycles. The van der Waals surface area contributed by atoms with Crippen molar-refractivity contribution in [3.8, 4) is 0 Å². The molecule has 0 fully saturated rings. The Bertz CT molecular complexity index is 500. The molecule has 132 valence electrons. The van der Waals surface area contributed by atoms with Gasteiger partial charge in [-0.25, -0.2) is 13.2 Å². The molecule has 0 unspecified atom stereocenters. The summed E-state index contributed by atoms with van der Waals surface area (Å²) >= 11 is 0. The number of unbranched alkanes of at least 4 members (excludes halogenated alkanes) is 1. The topological polar surface area (TPSA) is 38.7 Å². The maximum atomic E-state index is 13.5. The Balaban J connectivity index is 2.55. The number of halogens is 3. The molecule has 0 aliphatic heterocycles. The normalized spacial score (nSPS) is 12.4. The maximum absolute atomic E-state index is 13.5. The molecule has 3 nitrogen and oxygen atoms in total. The van der Waals surface area contributed by atoms with Gasteiger partial charge in [0.25, 0.3) is 0 Å². The molecular weight excluding hydrogens is 325 g/mol. The Labute approximate surface area is 136 Å². The lowest BCUT2D eigenvalue weighted by atomic mass is 10.1. The van der Waals surface area contributed by atoms with Crippen LogP contribution in [0.2, 0.25) is 6.04 Å². The standard InChI is InChI=1S/C16H25F3O3Si/c1-11(2)21-23(20,22-12(3)4)8-6-5-7-13-9-15(18)16(19)10-14(13)17/h9-12,20H,5-8H2,1-4H3. The van der Waals surface area contributed by atoms with Crippen LogP contribution < -0.4 is 0 Å². The van der Waals surface area contributed by atoms with Crippen LogP contribution in [0.4, 0.5) is 13.2 Å². The largest absolute Gasteiger partial charge is 0.498 e. The van der Waals surface area contributed by atoms with Crippen LogP contribution in [0.5, 0.6) is 0 Å². The minimum Gasteiger partial charge on any atom is -0.390 e. The lowest BCUT2D eigenvalue weighted by molar-refractivity contribution is 0.0472. The number of benzene rings is 1. The monoisotopic (exact) mass is 350 g/mol. The van der Waals surface area contributed by atoms with Crippen molar-refractivity contribution in [3.63, 3.8) is 0 Å². The summed E-state index contributed by atoms with van der Waals surface area (Å²) in [5, 5.41) is 0. The lowest BCUT2D eigenvalue weighted by Crippen LogP contribution is -2.46. The smallest absolute Gasteiger partial charge is 0.390 e. The van der Waals surface area contributed by atoms with Gasteiger partial charge in [-0.05, 0) is 58.6 Å². The van der Waals surface area contributed by atoms with Gasteiger partial charge in [0.15, 0.2) is 11.6 Å². The van der Waals surface area contributed by atoms with E-state index >= 15 is 0 Å². The van der Waals surface area contributed by atoms with Crippen LogP contribution in [0.25, 0.3) is 0 Å². The van der Waals surface area contributed by atoms with Gasteiger partial charge in [-0.2, -0.15) is 0 Å². The van der Waals surface area contributed by atoms with Crippen molar-refractivity contribution in [3.05, 3.63) is 35.1 Å². The average molecular weight is 350 g/mol. The Morgan fingerprint density at radius 1 is 0.913 bits per heavy atom. The van der Waals surface area contributed by atoms with Crippen molar-refractivity contribution in [2.45, 2.75) is 65.2 Å². The maximum Gasteiger partial charge on any atom is 0.498 e. The SMILES string of the molecule is CC(C)O[Si](O)(CCCCc1cc(F)c(F)cc1F)OC(C)C. The third-order valence-corrected chi connectivity index (χ3v) is 5.78. The van der Waals surface area contributed by atoms with E-state index in [1.165, 1.54) is 0 Å². The summed E-state index contributed by atoms with van der Waals surface area (Å²) in [7, 11) is -3.28. The van der Waals surface area contributed by atoms with Gasteiger partial charge in [0.05, 0.1) is 0 Å². The zero-order chi connectivity index (χ0) is 17.6. The molecule has 1 aromatic carbocycles. The molecule has 23 heavy (non-hydrogen) atoms. The van der Waals surface area contributed by atoms with Crippen LogP contribution in [0.1, 0.15) is 46.1 Å². The van der Waals surface area contributed by atoms with Crippen molar-refractivity contribution in [1.82, 2.24) is 0 Å². The first kappa shape index (κ1) is 20.2. The van der Waals surface area contributed by atoms with E-state index in [9.17, 15) is 18.0 Å². The first-order chi connectivity index (χ1) is 10.6. The van der Waals surface area contributed by atoms with Crippen LogP contribution in [0, 0.1) is 17.5 Å². The molecule has 0 bridgehead atoms.